The van der Waals surface area contributed by atoms with Crippen LogP contribution in [0.5, 0.6) is 0 Å². The van der Waals surface area contributed by atoms with Crippen molar-refractivity contribution < 1.29 is 28.3 Å². The number of fused-ring (bicyclic) bond motifs is 5. The average Bonchev–Trinajstić information content (AvgIpc) is 3.24. The number of carbonyl (C=O) groups excluding carboxylic acids is 1. The Labute approximate surface area is 249 Å². The second kappa shape index (κ2) is 13.8. The van der Waals surface area contributed by atoms with Gasteiger partial charge in [-0.2, -0.15) is 0 Å². The minimum atomic E-state index is -3.48. The van der Waals surface area contributed by atoms with Gasteiger partial charge in [0, 0.05) is 19.6 Å². The molecule has 0 heterocycles. The van der Waals surface area contributed by atoms with E-state index in [1.807, 2.05) is 0 Å². The van der Waals surface area contributed by atoms with Gasteiger partial charge >= 0.3 is 13.7 Å². The van der Waals surface area contributed by atoms with Crippen LogP contribution in [0.3, 0.4) is 0 Å². The number of hydrogen-bond donors (Lipinski definition) is 2. The lowest BCUT2D eigenvalue weighted by Gasteiger charge is -2.58. The topological polar surface area (TPSA) is 94.1 Å². The van der Waals surface area contributed by atoms with E-state index >= 15 is 0 Å². The number of allylic oxidation sites excluding steroid dienone is 1. The van der Waals surface area contributed by atoms with Crippen LogP contribution in [0.1, 0.15) is 105 Å². The first-order valence-corrected chi connectivity index (χ1v) is 18.5. The molecule has 0 aromatic rings. The Kier molecular flexibility index (Phi) is 11.1. The zero-order valence-electron chi connectivity index (χ0n) is 26.7. The van der Waals surface area contributed by atoms with Gasteiger partial charge in [-0.3, -0.25) is 4.57 Å². The summed E-state index contributed by atoms with van der Waals surface area (Å²) in [6.07, 6.45) is 15.9. The summed E-state index contributed by atoms with van der Waals surface area (Å²) in [4.78, 5) is 21.5. The van der Waals surface area contributed by atoms with Crippen molar-refractivity contribution in [1.29, 1.82) is 0 Å². The summed E-state index contributed by atoms with van der Waals surface area (Å²) in [5.74, 6) is 4.97. The van der Waals surface area contributed by atoms with Gasteiger partial charge in [-0.25, -0.2) is 4.79 Å². The summed E-state index contributed by atoms with van der Waals surface area (Å²) < 4.78 is 27.0. The molecule has 0 saturated heterocycles. The van der Waals surface area contributed by atoms with Gasteiger partial charge in [0.2, 0.25) is 0 Å². The molecule has 4 aliphatic rings. The molecule has 0 aromatic heterocycles. The summed E-state index contributed by atoms with van der Waals surface area (Å²) >= 11 is 0. The molecule has 0 spiro atoms. The third-order valence-corrected chi connectivity index (χ3v) is 12.3. The van der Waals surface area contributed by atoms with Crippen LogP contribution >= 0.6 is 7.60 Å². The summed E-state index contributed by atoms with van der Waals surface area (Å²) in [7, 11) is -3.48. The molecule has 3 saturated carbocycles. The van der Waals surface area contributed by atoms with Gasteiger partial charge < -0.3 is 24.2 Å². The lowest BCUT2D eigenvalue weighted by atomic mass is 9.47. The summed E-state index contributed by atoms with van der Waals surface area (Å²) in [6.45, 7) is 14.4. The summed E-state index contributed by atoms with van der Waals surface area (Å²) in [5, 5.41) is 2.77. The monoisotopic (exact) mass is 595 g/mol. The molecule has 3 fully saturated rings. The zero-order valence-corrected chi connectivity index (χ0v) is 27.6. The lowest BCUT2D eigenvalue weighted by molar-refractivity contribution is -0.0581. The number of amides is 1. The molecule has 7 nitrogen and oxygen atoms in total. The number of hydrogen-bond acceptors (Lipinski definition) is 5. The molecule has 0 aliphatic heterocycles. The molecule has 1 amide bonds. The Bertz CT molecular complexity index is 963. The van der Waals surface area contributed by atoms with Gasteiger partial charge in [-0.1, -0.05) is 65.5 Å². The molecule has 236 valence electrons. The second-order valence-electron chi connectivity index (χ2n) is 14.7. The Morgan fingerprint density at radius 2 is 1.85 bits per heavy atom. The molecule has 2 N–H and O–H groups in total. The van der Waals surface area contributed by atoms with Gasteiger partial charge in [0.1, 0.15) is 6.10 Å². The largest absolute Gasteiger partial charge is 0.446 e. The predicted octanol–water partition coefficient (Wildman–Crippen LogP) is 7.97. The highest BCUT2D eigenvalue weighted by molar-refractivity contribution is 7.51. The van der Waals surface area contributed by atoms with Crippen molar-refractivity contribution in [3.8, 4) is 0 Å². The lowest BCUT2D eigenvalue weighted by Crippen LogP contribution is -2.51. The fraction of sp³-hybridized carbons (Fsp3) is 0.909. The molecular weight excluding hydrogens is 537 g/mol. The van der Waals surface area contributed by atoms with Gasteiger partial charge in [0.15, 0.2) is 0 Å². The number of rotatable bonds is 13. The fourth-order valence-electron chi connectivity index (χ4n) is 9.54. The molecule has 0 aromatic carbocycles. The number of ether oxygens (including phenoxy) is 2. The number of carbonyl (C=O) groups is 1. The van der Waals surface area contributed by atoms with E-state index in [2.05, 4.69) is 46.0 Å². The van der Waals surface area contributed by atoms with Crippen LogP contribution in [0.4, 0.5) is 4.79 Å². The maximum Gasteiger partial charge on any atom is 0.407 e. The fourth-order valence-corrected chi connectivity index (χ4v) is 9.95. The van der Waals surface area contributed by atoms with Crippen molar-refractivity contribution in [2.24, 2.45) is 46.3 Å². The maximum absolute atomic E-state index is 12.4. The van der Waals surface area contributed by atoms with E-state index in [9.17, 15) is 9.36 Å². The molecule has 0 bridgehead atoms. The van der Waals surface area contributed by atoms with Crippen LogP contribution in [0.25, 0.3) is 0 Å². The van der Waals surface area contributed by atoms with Crippen LogP contribution in [0.2, 0.25) is 0 Å². The van der Waals surface area contributed by atoms with Crippen LogP contribution in [-0.2, 0) is 18.6 Å². The first-order chi connectivity index (χ1) is 19.3. The first kappa shape index (κ1) is 33.0. The van der Waals surface area contributed by atoms with Crippen molar-refractivity contribution in [2.75, 3.05) is 33.0 Å². The molecule has 9 atom stereocenters. The van der Waals surface area contributed by atoms with Crippen molar-refractivity contribution in [3.05, 3.63) is 11.6 Å². The van der Waals surface area contributed by atoms with Gasteiger partial charge in [-0.05, 0) is 91.3 Å². The molecule has 9 unspecified atom stereocenters. The van der Waals surface area contributed by atoms with Gasteiger partial charge in [0.25, 0.3) is 0 Å². The smallest absolute Gasteiger partial charge is 0.407 e. The van der Waals surface area contributed by atoms with Crippen LogP contribution in [-0.4, -0.2) is 50.1 Å². The Balaban J connectivity index is 1.25. The van der Waals surface area contributed by atoms with Crippen molar-refractivity contribution in [1.82, 2.24) is 5.32 Å². The molecular formula is C33H58NO6P. The van der Waals surface area contributed by atoms with Crippen LogP contribution in [0.15, 0.2) is 11.6 Å². The standard InChI is InChI=1S/C33H58NO6P/c1-23(2)8-7-9-24(3)28-12-13-29-27-11-10-25-22-26(14-16-32(25,4)30(27)15-17-33(28,29)5)40-31(35)34-18-19-38-20-21-39-41(6,36)37/h10,23-24,26-30H,7-9,11-22H2,1-6H3,(H,34,35)(H,36,37). The van der Waals surface area contributed by atoms with E-state index < -0.39 is 13.7 Å². The van der Waals surface area contributed by atoms with Crippen molar-refractivity contribution >= 4 is 13.7 Å². The van der Waals surface area contributed by atoms with Crippen molar-refractivity contribution in [3.63, 3.8) is 0 Å². The van der Waals surface area contributed by atoms with E-state index in [4.69, 9.17) is 18.9 Å². The normalized spacial score (nSPS) is 36.9. The average molecular weight is 596 g/mol. The molecule has 4 aliphatic carbocycles. The van der Waals surface area contributed by atoms with Crippen molar-refractivity contribution in [2.45, 2.75) is 111 Å². The van der Waals surface area contributed by atoms with E-state index in [1.165, 1.54) is 56.9 Å². The Morgan fingerprint density at radius 1 is 1.07 bits per heavy atom. The van der Waals surface area contributed by atoms with E-state index in [-0.39, 0.29) is 24.7 Å². The highest BCUT2D eigenvalue weighted by Gasteiger charge is 2.59. The predicted molar refractivity (Wildman–Crippen MR) is 164 cm³/mol. The first-order valence-electron chi connectivity index (χ1n) is 16.5. The molecule has 41 heavy (non-hydrogen) atoms. The Hall–Kier alpha value is -0.880. The third kappa shape index (κ3) is 7.99. The van der Waals surface area contributed by atoms with E-state index in [1.54, 1.807) is 0 Å². The van der Waals surface area contributed by atoms with Crippen LogP contribution < -0.4 is 5.32 Å². The van der Waals surface area contributed by atoms with E-state index in [0.29, 0.717) is 18.6 Å². The van der Waals surface area contributed by atoms with Gasteiger partial charge in [0.05, 0.1) is 19.8 Å². The second-order valence-corrected chi connectivity index (χ2v) is 16.6. The van der Waals surface area contributed by atoms with E-state index in [0.717, 1.165) is 61.4 Å². The Morgan fingerprint density at radius 3 is 2.59 bits per heavy atom. The van der Waals surface area contributed by atoms with Gasteiger partial charge in [-0.15, -0.1) is 0 Å². The minimum Gasteiger partial charge on any atom is -0.446 e. The minimum absolute atomic E-state index is 0.0463. The highest BCUT2D eigenvalue weighted by Crippen LogP contribution is 2.67. The molecule has 4 rings (SSSR count). The summed E-state index contributed by atoms with van der Waals surface area (Å²) in [5.41, 5.74) is 2.28. The SMILES string of the molecule is CC(C)CCCC(C)C1CCC2C3CC=C4CC(OC(=O)NCCOCCOP(C)(=O)O)CCC4(C)C3CCC12C. The number of alkyl carbamates (subject to hydrolysis) is 1. The molecule has 0 radical (unpaired) electrons. The highest BCUT2D eigenvalue weighted by atomic mass is 31.2. The quantitative estimate of drug-likeness (QED) is 0.127. The summed E-state index contributed by atoms with van der Waals surface area (Å²) in [6, 6.07) is 0. The number of nitrogens with one attached hydrogen (secondary N) is 1. The molecule has 8 heteroatoms. The van der Waals surface area contributed by atoms with Crippen LogP contribution in [0, 0.1) is 46.3 Å². The third-order valence-electron chi connectivity index (χ3n) is 11.6. The maximum atomic E-state index is 12.4. The zero-order chi connectivity index (χ0) is 29.8.